The highest BCUT2D eigenvalue weighted by molar-refractivity contribution is 4.86. The van der Waals surface area contributed by atoms with Crippen LogP contribution in [0.3, 0.4) is 0 Å². The molecule has 0 aromatic rings. The molecule has 1 rings (SSSR count). The molecule has 1 heterocycles. The molecule has 2 nitrogen and oxygen atoms in total. The van der Waals surface area contributed by atoms with E-state index in [-0.39, 0.29) is 5.60 Å². The van der Waals surface area contributed by atoms with Gasteiger partial charge in [0.25, 0.3) is 0 Å². The summed E-state index contributed by atoms with van der Waals surface area (Å²) in [5.74, 6) is 0.778. The van der Waals surface area contributed by atoms with Crippen LogP contribution < -0.4 is 5.32 Å². The topological polar surface area (TPSA) is 21.3 Å². The fourth-order valence-electron chi connectivity index (χ4n) is 1.99. The Bertz CT molecular complexity index is 141. The lowest BCUT2D eigenvalue weighted by molar-refractivity contribution is -0.0816. The van der Waals surface area contributed by atoms with Crippen molar-refractivity contribution in [2.75, 3.05) is 19.7 Å². The predicted molar refractivity (Wildman–Crippen MR) is 55.9 cm³/mol. The van der Waals surface area contributed by atoms with E-state index in [4.69, 9.17) is 4.74 Å². The molecule has 13 heavy (non-hydrogen) atoms. The fourth-order valence-corrected chi connectivity index (χ4v) is 1.99. The molecule has 0 radical (unpaired) electrons. The van der Waals surface area contributed by atoms with Crippen LogP contribution in [-0.2, 0) is 4.74 Å². The molecule has 2 heteroatoms. The Labute approximate surface area is 82.0 Å². The summed E-state index contributed by atoms with van der Waals surface area (Å²) in [6.07, 6.45) is 3.59. The molecule has 0 bridgehead atoms. The number of nitrogens with one attached hydrogen (secondary N) is 1. The summed E-state index contributed by atoms with van der Waals surface area (Å²) in [4.78, 5) is 0. The number of hydrogen-bond acceptors (Lipinski definition) is 2. The van der Waals surface area contributed by atoms with Gasteiger partial charge in [0.1, 0.15) is 0 Å². The highest BCUT2D eigenvalue weighted by Gasteiger charge is 2.32. The average Bonchev–Trinajstić information content (AvgIpc) is 2.19. The van der Waals surface area contributed by atoms with Gasteiger partial charge in [-0.05, 0) is 18.8 Å². The second-order valence-corrected chi connectivity index (χ2v) is 4.28. The van der Waals surface area contributed by atoms with E-state index in [1.165, 1.54) is 12.8 Å². The van der Waals surface area contributed by atoms with Crippen LogP contribution in [0.2, 0.25) is 0 Å². The Morgan fingerprint density at radius 3 is 2.69 bits per heavy atom. The summed E-state index contributed by atoms with van der Waals surface area (Å²) in [5, 5.41) is 3.43. The molecule has 0 spiro atoms. The summed E-state index contributed by atoms with van der Waals surface area (Å²) in [6.45, 7) is 9.73. The van der Waals surface area contributed by atoms with Crippen LogP contribution in [0.5, 0.6) is 0 Å². The lowest BCUT2D eigenvalue weighted by Gasteiger charge is -2.38. The van der Waals surface area contributed by atoms with Gasteiger partial charge in [-0.15, -0.1) is 0 Å². The van der Waals surface area contributed by atoms with Crippen molar-refractivity contribution in [3.05, 3.63) is 0 Å². The lowest BCUT2D eigenvalue weighted by atomic mass is 9.87. The molecular formula is C11H23NO. The Hall–Kier alpha value is -0.0800. The van der Waals surface area contributed by atoms with Gasteiger partial charge in [-0.2, -0.15) is 0 Å². The van der Waals surface area contributed by atoms with E-state index < -0.39 is 0 Å². The second-order valence-electron chi connectivity index (χ2n) is 4.28. The molecule has 1 fully saturated rings. The van der Waals surface area contributed by atoms with Crippen LogP contribution in [0.1, 0.15) is 40.0 Å². The monoisotopic (exact) mass is 185 g/mol. The van der Waals surface area contributed by atoms with E-state index in [2.05, 4.69) is 26.1 Å². The normalized spacial score (nSPS) is 31.6. The zero-order chi connectivity index (χ0) is 9.73. The summed E-state index contributed by atoms with van der Waals surface area (Å²) < 4.78 is 5.92. The fraction of sp³-hybridized carbons (Fsp3) is 1.00. The van der Waals surface area contributed by atoms with Crippen LogP contribution in [0, 0.1) is 5.92 Å². The third kappa shape index (κ3) is 2.96. The first-order chi connectivity index (χ1) is 6.22. The third-order valence-electron chi connectivity index (χ3n) is 3.20. The van der Waals surface area contributed by atoms with Gasteiger partial charge < -0.3 is 10.1 Å². The number of ether oxygens (including phenoxy) is 1. The van der Waals surface area contributed by atoms with Crippen molar-refractivity contribution in [2.45, 2.75) is 45.6 Å². The van der Waals surface area contributed by atoms with Gasteiger partial charge in [-0.1, -0.05) is 27.2 Å². The van der Waals surface area contributed by atoms with Gasteiger partial charge >= 0.3 is 0 Å². The minimum absolute atomic E-state index is 0.133. The van der Waals surface area contributed by atoms with E-state index >= 15 is 0 Å². The molecule has 1 aliphatic heterocycles. The van der Waals surface area contributed by atoms with E-state index in [0.717, 1.165) is 32.0 Å². The molecule has 1 aliphatic rings. The van der Waals surface area contributed by atoms with E-state index in [0.29, 0.717) is 0 Å². The first kappa shape index (κ1) is 11.0. The van der Waals surface area contributed by atoms with Crippen molar-refractivity contribution < 1.29 is 4.74 Å². The van der Waals surface area contributed by atoms with Crippen LogP contribution in [0.15, 0.2) is 0 Å². The van der Waals surface area contributed by atoms with Gasteiger partial charge in [0, 0.05) is 13.1 Å². The second kappa shape index (κ2) is 4.97. The summed E-state index contributed by atoms with van der Waals surface area (Å²) in [7, 11) is 0. The molecule has 0 aromatic heterocycles. The first-order valence-corrected chi connectivity index (χ1v) is 5.57. The minimum atomic E-state index is 0.133. The Morgan fingerprint density at radius 2 is 2.23 bits per heavy atom. The summed E-state index contributed by atoms with van der Waals surface area (Å²) in [5.41, 5.74) is 0.133. The molecule has 1 saturated heterocycles. The van der Waals surface area contributed by atoms with Crippen molar-refractivity contribution in [1.29, 1.82) is 0 Å². The van der Waals surface area contributed by atoms with Gasteiger partial charge in [-0.25, -0.2) is 0 Å². The lowest BCUT2D eigenvalue weighted by Crippen LogP contribution is -2.50. The quantitative estimate of drug-likeness (QED) is 0.725. The highest BCUT2D eigenvalue weighted by atomic mass is 16.5. The average molecular weight is 185 g/mol. The van der Waals surface area contributed by atoms with Crippen molar-refractivity contribution in [3.8, 4) is 0 Å². The number of rotatable bonds is 4. The van der Waals surface area contributed by atoms with Crippen molar-refractivity contribution in [3.63, 3.8) is 0 Å². The van der Waals surface area contributed by atoms with Crippen molar-refractivity contribution >= 4 is 0 Å². The van der Waals surface area contributed by atoms with Gasteiger partial charge in [0.05, 0.1) is 12.2 Å². The van der Waals surface area contributed by atoms with Crippen LogP contribution in [-0.4, -0.2) is 25.3 Å². The third-order valence-corrected chi connectivity index (χ3v) is 3.20. The summed E-state index contributed by atoms with van der Waals surface area (Å²) >= 11 is 0. The van der Waals surface area contributed by atoms with Gasteiger partial charge in [0.2, 0.25) is 0 Å². The standard InChI is InChI=1S/C11H23NO/c1-4-10(3)8-11(5-2)9-12-6-7-13-11/h10,12H,4-9H2,1-3H3. The van der Waals surface area contributed by atoms with Crippen LogP contribution in [0.25, 0.3) is 0 Å². The maximum absolute atomic E-state index is 5.92. The molecule has 0 amide bonds. The molecule has 0 aliphatic carbocycles. The maximum atomic E-state index is 5.92. The van der Waals surface area contributed by atoms with E-state index in [9.17, 15) is 0 Å². The Kier molecular flexibility index (Phi) is 4.20. The zero-order valence-electron chi connectivity index (χ0n) is 9.23. The smallest absolute Gasteiger partial charge is 0.0806 e. The number of morpholine rings is 1. The first-order valence-electron chi connectivity index (χ1n) is 5.57. The maximum Gasteiger partial charge on any atom is 0.0806 e. The molecule has 0 saturated carbocycles. The van der Waals surface area contributed by atoms with Crippen LogP contribution in [0.4, 0.5) is 0 Å². The largest absolute Gasteiger partial charge is 0.372 e. The van der Waals surface area contributed by atoms with Gasteiger partial charge in [-0.3, -0.25) is 0 Å². The molecule has 2 unspecified atom stereocenters. The highest BCUT2D eigenvalue weighted by Crippen LogP contribution is 2.27. The SMILES string of the molecule is CCC(C)CC1(CC)CNCCO1. The van der Waals surface area contributed by atoms with E-state index in [1.54, 1.807) is 0 Å². The van der Waals surface area contributed by atoms with E-state index in [1.807, 2.05) is 0 Å². The minimum Gasteiger partial charge on any atom is -0.372 e. The molecular weight excluding hydrogens is 162 g/mol. The van der Waals surface area contributed by atoms with Crippen LogP contribution >= 0.6 is 0 Å². The van der Waals surface area contributed by atoms with Crippen molar-refractivity contribution in [2.24, 2.45) is 5.92 Å². The van der Waals surface area contributed by atoms with Gasteiger partial charge in [0.15, 0.2) is 0 Å². The Balaban J connectivity index is 2.47. The molecule has 78 valence electrons. The summed E-state index contributed by atoms with van der Waals surface area (Å²) in [6, 6.07) is 0. The molecule has 2 atom stereocenters. The number of hydrogen-bond donors (Lipinski definition) is 1. The molecule has 0 aromatic carbocycles. The molecule has 1 N–H and O–H groups in total. The van der Waals surface area contributed by atoms with Crippen molar-refractivity contribution in [1.82, 2.24) is 5.32 Å². The zero-order valence-corrected chi connectivity index (χ0v) is 9.23. The Morgan fingerprint density at radius 1 is 1.46 bits per heavy atom. The predicted octanol–water partition coefficient (Wildman–Crippen LogP) is 2.19.